The summed E-state index contributed by atoms with van der Waals surface area (Å²) >= 11 is 0. The first-order valence-corrected chi connectivity index (χ1v) is 4.86. The Kier molecular flexibility index (Phi) is 1.57. The first kappa shape index (κ1) is 7.63. The third kappa shape index (κ3) is 1.02. The number of rotatable bonds is 0. The molecule has 2 aliphatic heterocycles. The number of nitrogens with zero attached hydrogens (tertiary/aromatic N) is 1. The molecule has 0 aliphatic carbocycles. The molecule has 68 valence electrons. The van der Waals surface area contributed by atoms with E-state index < -0.39 is 0 Å². The number of para-hydroxylation sites is 1. The molecular weight excluding hydrogens is 170 g/mol. The predicted molar refractivity (Wildman–Crippen MR) is 61.0 cm³/mol. The van der Waals surface area contributed by atoms with E-state index >= 15 is 0 Å². The third-order valence-electron chi connectivity index (χ3n) is 2.64. The Morgan fingerprint density at radius 2 is 1.86 bits per heavy atom. The first-order valence-electron chi connectivity index (χ1n) is 4.86. The fourth-order valence-electron chi connectivity index (χ4n) is 2.01. The largest absolute Gasteiger partial charge is 0.343 e. The molecule has 0 saturated carbocycles. The maximum absolute atomic E-state index is 2.28. The lowest BCUT2D eigenvalue weighted by molar-refractivity contribution is 1.07. The van der Waals surface area contributed by atoms with E-state index in [4.69, 9.17) is 0 Å². The lowest BCUT2D eigenvalue weighted by Crippen LogP contribution is -2.19. The zero-order valence-electron chi connectivity index (χ0n) is 7.85. The van der Waals surface area contributed by atoms with Crippen molar-refractivity contribution in [2.45, 2.75) is 0 Å². The van der Waals surface area contributed by atoms with Crippen LogP contribution in [0.25, 0.3) is 12.2 Å². The average Bonchev–Trinajstić information content (AvgIpc) is 2.44. The Morgan fingerprint density at radius 1 is 1.00 bits per heavy atom. The topological polar surface area (TPSA) is 3.24 Å². The average molecular weight is 181 g/mol. The van der Waals surface area contributed by atoms with Gasteiger partial charge in [-0.05, 0) is 17.2 Å². The molecule has 1 aromatic rings. The van der Waals surface area contributed by atoms with Gasteiger partial charge in [0, 0.05) is 12.7 Å². The van der Waals surface area contributed by atoms with E-state index in [9.17, 15) is 0 Å². The van der Waals surface area contributed by atoms with Crippen molar-refractivity contribution in [1.82, 2.24) is 0 Å². The van der Waals surface area contributed by atoms with Crippen LogP contribution in [-0.4, -0.2) is 6.54 Å². The molecule has 0 aromatic heterocycles. The van der Waals surface area contributed by atoms with Gasteiger partial charge in [0.2, 0.25) is 0 Å². The summed E-state index contributed by atoms with van der Waals surface area (Å²) < 4.78 is 0. The van der Waals surface area contributed by atoms with Crippen molar-refractivity contribution in [1.29, 1.82) is 0 Å². The van der Waals surface area contributed by atoms with Crippen LogP contribution in [0.4, 0.5) is 5.69 Å². The van der Waals surface area contributed by atoms with Crippen molar-refractivity contribution in [2.24, 2.45) is 0 Å². The molecule has 2 aliphatic rings. The Labute approximate surface area is 83.7 Å². The van der Waals surface area contributed by atoms with Gasteiger partial charge < -0.3 is 4.90 Å². The molecule has 1 nitrogen and oxygen atoms in total. The fraction of sp³-hybridized carbons (Fsp3) is 0.0769. The van der Waals surface area contributed by atoms with Gasteiger partial charge in [0.15, 0.2) is 0 Å². The molecule has 0 amide bonds. The molecule has 0 radical (unpaired) electrons. The summed E-state index contributed by atoms with van der Waals surface area (Å²) in [5.74, 6) is 0. The van der Waals surface area contributed by atoms with E-state index in [0.717, 1.165) is 6.54 Å². The molecule has 0 N–H and O–H groups in total. The Bertz CT molecular complexity index is 452. The number of hydrogen-bond donors (Lipinski definition) is 0. The zero-order chi connectivity index (χ0) is 9.38. The van der Waals surface area contributed by atoms with E-state index in [1.165, 1.54) is 16.8 Å². The van der Waals surface area contributed by atoms with Crippen LogP contribution in [0, 0.1) is 0 Å². The molecule has 0 fully saturated rings. The molecular formula is C13H11N. The van der Waals surface area contributed by atoms with Crippen LogP contribution in [0.15, 0.2) is 42.6 Å². The van der Waals surface area contributed by atoms with Gasteiger partial charge in [-0.3, -0.25) is 0 Å². The fourth-order valence-corrected chi connectivity index (χ4v) is 2.01. The lowest BCUT2D eigenvalue weighted by Gasteiger charge is -2.25. The first-order chi connectivity index (χ1) is 6.95. The van der Waals surface area contributed by atoms with Gasteiger partial charge in [-0.25, -0.2) is 0 Å². The summed E-state index contributed by atoms with van der Waals surface area (Å²) in [5.41, 5.74) is 3.95. The van der Waals surface area contributed by atoms with Gasteiger partial charge in [-0.15, -0.1) is 0 Å². The standard InChI is InChI=1S/C13H11N/c1-2-9-14-10-4-8-12-7-3-6-11(5-1)13(12)14/h1-9H,10H2. The number of allylic oxidation sites excluding steroid dienone is 2. The highest BCUT2D eigenvalue weighted by Gasteiger charge is 2.14. The molecule has 3 rings (SSSR count). The third-order valence-corrected chi connectivity index (χ3v) is 2.64. The Hall–Kier alpha value is -1.76. The van der Waals surface area contributed by atoms with E-state index in [0.29, 0.717) is 0 Å². The maximum Gasteiger partial charge on any atom is 0.0556 e. The van der Waals surface area contributed by atoms with Crippen LogP contribution in [-0.2, 0) is 0 Å². The molecule has 14 heavy (non-hydrogen) atoms. The van der Waals surface area contributed by atoms with Gasteiger partial charge in [-0.2, -0.15) is 0 Å². The summed E-state index contributed by atoms with van der Waals surface area (Å²) in [5, 5.41) is 0. The molecule has 0 saturated heterocycles. The lowest BCUT2D eigenvalue weighted by atomic mass is 10.0. The second kappa shape index (κ2) is 2.88. The maximum atomic E-state index is 2.28. The van der Waals surface area contributed by atoms with Crippen molar-refractivity contribution in [3.63, 3.8) is 0 Å². The van der Waals surface area contributed by atoms with Crippen LogP contribution >= 0.6 is 0 Å². The summed E-state index contributed by atoms with van der Waals surface area (Å²) in [6.07, 6.45) is 12.9. The van der Waals surface area contributed by atoms with Crippen molar-refractivity contribution >= 4 is 17.8 Å². The highest BCUT2D eigenvalue weighted by Crippen LogP contribution is 2.32. The zero-order valence-corrected chi connectivity index (χ0v) is 7.85. The van der Waals surface area contributed by atoms with Crippen LogP contribution in [0.5, 0.6) is 0 Å². The minimum absolute atomic E-state index is 0.974. The van der Waals surface area contributed by atoms with Gasteiger partial charge in [0.1, 0.15) is 0 Å². The second-order valence-corrected chi connectivity index (χ2v) is 3.54. The number of anilines is 1. The van der Waals surface area contributed by atoms with E-state index in [1.807, 2.05) is 0 Å². The highest BCUT2D eigenvalue weighted by atomic mass is 15.1. The van der Waals surface area contributed by atoms with Crippen molar-refractivity contribution in [3.05, 3.63) is 53.8 Å². The normalized spacial score (nSPS) is 16.7. The second-order valence-electron chi connectivity index (χ2n) is 3.54. The van der Waals surface area contributed by atoms with Gasteiger partial charge >= 0.3 is 0 Å². The van der Waals surface area contributed by atoms with Crippen LogP contribution in [0.3, 0.4) is 0 Å². The molecule has 0 unspecified atom stereocenters. The number of benzene rings is 1. The van der Waals surface area contributed by atoms with E-state index in [2.05, 4.69) is 59.7 Å². The molecule has 0 atom stereocenters. The van der Waals surface area contributed by atoms with Crippen molar-refractivity contribution in [2.75, 3.05) is 11.4 Å². The Balaban J connectivity index is 2.31. The van der Waals surface area contributed by atoms with Crippen LogP contribution < -0.4 is 4.90 Å². The van der Waals surface area contributed by atoms with Gasteiger partial charge in [-0.1, -0.05) is 42.5 Å². The Morgan fingerprint density at radius 3 is 2.79 bits per heavy atom. The molecule has 0 spiro atoms. The molecule has 2 heterocycles. The van der Waals surface area contributed by atoms with Gasteiger partial charge in [0.05, 0.1) is 5.69 Å². The van der Waals surface area contributed by atoms with Gasteiger partial charge in [0.25, 0.3) is 0 Å². The number of hydrogen-bond acceptors (Lipinski definition) is 1. The predicted octanol–water partition coefficient (Wildman–Crippen LogP) is 3.06. The highest BCUT2D eigenvalue weighted by molar-refractivity contribution is 5.82. The summed E-state index contributed by atoms with van der Waals surface area (Å²) in [7, 11) is 0. The van der Waals surface area contributed by atoms with Crippen molar-refractivity contribution < 1.29 is 0 Å². The summed E-state index contributed by atoms with van der Waals surface area (Å²) in [6, 6.07) is 6.43. The van der Waals surface area contributed by atoms with Crippen LogP contribution in [0.1, 0.15) is 11.1 Å². The summed E-state index contributed by atoms with van der Waals surface area (Å²) in [6.45, 7) is 0.974. The quantitative estimate of drug-likeness (QED) is 0.594. The smallest absolute Gasteiger partial charge is 0.0556 e. The van der Waals surface area contributed by atoms with E-state index in [1.54, 1.807) is 0 Å². The monoisotopic (exact) mass is 181 g/mol. The molecule has 1 heteroatoms. The van der Waals surface area contributed by atoms with Crippen molar-refractivity contribution in [3.8, 4) is 0 Å². The minimum Gasteiger partial charge on any atom is -0.343 e. The summed E-state index contributed by atoms with van der Waals surface area (Å²) in [4.78, 5) is 2.28. The van der Waals surface area contributed by atoms with Crippen LogP contribution in [0.2, 0.25) is 0 Å². The molecule has 1 aromatic carbocycles. The molecule has 0 bridgehead atoms. The minimum atomic E-state index is 0.974. The SMILES string of the molecule is C1=Cc2cccc3c2N(C=C1)CC=C3. The van der Waals surface area contributed by atoms with E-state index in [-0.39, 0.29) is 0 Å².